The molecule has 676 valence electrons. The molecule has 0 fully saturated rings. The first-order valence-corrected chi connectivity index (χ1v) is 55.7. The van der Waals surface area contributed by atoms with Crippen molar-refractivity contribution in [3.05, 3.63) is 268 Å². The van der Waals surface area contributed by atoms with Crippen LogP contribution in [-0.4, -0.2) is 33.5 Å². The van der Waals surface area contributed by atoms with Crippen LogP contribution in [0.3, 0.4) is 0 Å². The first-order valence-electron chi connectivity index (χ1n) is 46.9. The van der Waals surface area contributed by atoms with Gasteiger partial charge in [-0.2, -0.15) is 21.6 Å². The summed E-state index contributed by atoms with van der Waals surface area (Å²) in [5.74, 6) is 9.06. The number of thiophene rings is 4. The fourth-order valence-corrected chi connectivity index (χ4v) is 25.1. The molecule has 0 amide bonds. The number of benzene rings is 11. The van der Waals surface area contributed by atoms with Crippen molar-refractivity contribution in [1.29, 1.82) is 0 Å². The quantitative estimate of drug-likeness (QED) is 0.0137. The number of hydrogen-bond acceptors (Lipinski definition) is 8. The zero-order valence-electron chi connectivity index (χ0n) is 75.2. The Balaban J connectivity index is 0.000000152. The average Bonchev–Trinajstić information content (AvgIpc) is 1.73. The van der Waals surface area contributed by atoms with E-state index in [1.165, 1.54) is 316 Å². The summed E-state index contributed by atoms with van der Waals surface area (Å²) in [5.41, 5.74) is -1.09. The number of phenolic OH excluding ortho intramolecular Hbond substituents is 1. The van der Waals surface area contributed by atoms with Gasteiger partial charge in [-0.1, -0.05) is 242 Å². The van der Waals surface area contributed by atoms with E-state index in [9.17, 15) is 26.7 Å². The molecule has 16 heteroatoms. The van der Waals surface area contributed by atoms with Gasteiger partial charge >= 0.3 is 186 Å². The molecule has 0 atom stereocenters. The number of aromatic hydroxyl groups is 1. The molecule has 0 aliphatic carbocycles. The van der Waals surface area contributed by atoms with Gasteiger partial charge < -0.3 is 9.29 Å². The molecule has 129 heavy (non-hydrogen) atoms. The van der Waals surface area contributed by atoms with Crippen molar-refractivity contribution in [3.63, 3.8) is 0 Å². The van der Waals surface area contributed by atoms with E-state index in [0.717, 1.165) is 59.3 Å². The minimum atomic E-state index is -5.73. The number of hydrogen-bond donors (Lipinski definition) is 1. The topological polar surface area (TPSA) is 63.6 Å². The van der Waals surface area contributed by atoms with E-state index in [4.69, 9.17) is 6.42 Å². The molecule has 4 nitrogen and oxygen atoms in total. The van der Waals surface area contributed by atoms with Crippen LogP contribution in [0.4, 0.5) is 13.2 Å². The van der Waals surface area contributed by atoms with Crippen molar-refractivity contribution >= 4 is 211 Å². The summed E-state index contributed by atoms with van der Waals surface area (Å²) in [7, 11) is -5.73. The van der Waals surface area contributed by atoms with E-state index < -0.39 is 15.6 Å². The second kappa shape index (κ2) is 52.2. The van der Waals surface area contributed by atoms with Crippen molar-refractivity contribution in [2.24, 2.45) is 0 Å². The Bertz CT molecular complexity index is 6340. The molecule has 0 unspecified atom stereocenters. The summed E-state index contributed by atoms with van der Waals surface area (Å²) in [5, 5.41) is 25.4. The summed E-state index contributed by atoms with van der Waals surface area (Å²) in [4.78, 5) is 5.84. The zero-order valence-corrected chi connectivity index (χ0v) is 85.8. The molecule has 0 bridgehead atoms. The predicted octanol–water partition coefficient (Wildman–Crippen LogP) is 38.1. The summed E-state index contributed by atoms with van der Waals surface area (Å²) in [6, 6.07) is 76.2. The summed E-state index contributed by atoms with van der Waals surface area (Å²) in [6.07, 6.45) is 53.0. The third kappa shape index (κ3) is 31.0. The molecular weight excluding hydrogens is 1960 g/mol. The van der Waals surface area contributed by atoms with Crippen LogP contribution < -0.4 is 4.18 Å². The van der Waals surface area contributed by atoms with Crippen molar-refractivity contribution in [1.82, 2.24) is 0 Å². The zero-order chi connectivity index (χ0) is 90.8. The normalized spacial score (nSPS) is 11.5. The average molecular weight is 2080 g/mol. The Morgan fingerprint density at radius 2 is 0.674 bits per heavy atom. The monoisotopic (exact) mass is 2080 g/mol. The molecule has 0 saturated heterocycles. The number of phenols is 1. The number of alkyl halides is 3. The molecule has 1 N–H and O–H groups in total. The number of rotatable bonds is 39. The molecular formula is C113H122Br3F3O4S5Se. The van der Waals surface area contributed by atoms with Crippen molar-refractivity contribution in [3.8, 4) is 45.7 Å². The predicted molar refractivity (Wildman–Crippen MR) is 570 cm³/mol. The molecule has 5 aromatic heterocycles. The van der Waals surface area contributed by atoms with Crippen LogP contribution in [0.5, 0.6) is 11.5 Å². The van der Waals surface area contributed by atoms with E-state index >= 15 is 0 Å². The maximum atomic E-state index is 12.7. The Labute approximate surface area is 812 Å². The van der Waals surface area contributed by atoms with Gasteiger partial charge in [0, 0.05) is 49.9 Å². The third-order valence-electron chi connectivity index (χ3n) is 23.6. The summed E-state index contributed by atoms with van der Waals surface area (Å²) < 4.78 is 75.4. The number of fused-ring (bicyclic) bond motifs is 9. The van der Waals surface area contributed by atoms with Crippen LogP contribution in [0.2, 0.25) is 0 Å². The van der Waals surface area contributed by atoms with E-state index in [1.807, 2.05) is 119 Å². The van der Waals surface area contributed by atoms with Crippen LogP contribution in [0.25, 0.3) is 103 Å². The van der Waals surface area contributed by atoms with Gasteiger partial charge in [0.1, 0.15) is 5.75 Å². The van der Waals surface area contributed by atoms with Crippen LogP contribution in [-0.2, 0) is 35.8 Å². The van der Waals surface area contributed by atoms with Crippen LogP contribution in [0.1, 0.15) is 269 Å². The maximum absolute atomic E-state index is 12.7. The molecule has 5 heterocycles. The molecule has 0 aliphatic rings. The molecule has 16 aromatic rings. The molecule has 16 rings (SSSR count). The number of unbranched alkanes of at least 4 members (excludes halogenated alkanes) is 28. The molecule has 0 saturated carbocycles. The van der Waals surface area contributed by atoms with Gasteiger partial charge in [-0.15, -0.1) is 40.4 Å². The minimum absolute atomic E-state index is 0.146. The van der Waals surface area contributed by atoms with Gasteiger partial charge in [-0.05, 0) is 250 Å². The van der Waals surface area contributed by atoms with Crippen molar-refractivity contribution < 1.29 is 30.9 Å². The molecule has 0 aliphatic heterocycles. The summed E-state index contributed by atoms with van der Waals surface area (Å²) in [6.45, 7) is 9.07. The van der Waals surface area contributed by atoms with Crippen LogP contribution in [0, 0.1) is 24.2 Å². The Morgan fingerprint density at radius 1 is 0.349 bits per heavy atom. The van der Waals surface area contributed by atoms with Gasteiger partial charge in [0.05, 0.1) is 8.95 Å². The van der Waals surface area contributed by atoms with Gasteiger partial charge in [0.2, 0.25) is 0 Å². The standard InChI is InChI=1S/C30H31BrS.C30H32SSe.C23H26BrF3O3S2.C22H27BrOS.C8H6/c1-2-3-4-5-6-7-8-12-15-28-20-27-19-25-18-24(17-16-23-13-10-9-11-14-23)29(31)21-26(25)22-30(27)32-28;1-2-3-4-5-6-7-8-12-15-27-18-25-16-23-17-26-21-29(22-13-10-9-11-14-22)32-30(26)20-24(23)19-28(25)31-27;1-2-3-4-5-6-7-8-9-10-19-12-18-11-16-14-21(30-32(28,29)23(25,26)27)20(24)13-17(16)15-22(18)31-19;1-2-3-4-5-6-7-8-9-10-19-12-18-11-16-14-21(24)20(23)13-17(16)15-22(18)25-19;1-2-8-6-4-3-5-7-8/h9-11,13-14,18-22H,2-8,12,15H2,1H3;9-11,13-14,16-21H,2-8,12,15H2,1H3;11-15H,2-10H2,1H3;11-15,24H,2-10H2,1H3;1,3-7H. The first-order chi connectivity index (χ1) is 62.7. The number of aryl methyl sites for hydroxylation is 4. The Kier molecular flexibility index (Phi) is 40.7. The third-order valence-corrected chi connectivity index (χ3v) is 33.6. The Hall–Kier alpha value is -7.54. The van der Waals surface area contributed by atoms with Gasteiger partial charge in [0.25, 0.3) is 0 Å². The SMILES string of the molecule is C#Cc1ccccc1.CCCCCCCCCCc1cc2cc3cc(C#Cc4ccccc4)c(Br)cc3cc2s1.CCCCCCCCCCc1cc2cc3cc(O)c(Br)cc3cc2s1.CCCCCCCCCCc1cc2cc3cc(OS(=O)(=O)C(F)(F)F)c(Br)cc3cc2s1.CCCCCCCCCCc1cc2cc3cc4cc(-c5ccccc5)[se]c4cc3cc2s1. The molecule has 0 spiro atoms. The summed E-state index contributed by atoms with van der Waals surface area (Å²) >= 11 is 18.3. The van der Waals surface area contributed by atoms with E-state index in [0.29, 0.717) is 25.6 Å². The van der Waals surface area contributed by atoms with Crippen LogP contribution in [0.15, 0.2) is 232 Å². The number of terminal acetylenes is 1. The molecule has 11 aromatic carbocycles. The second-order valence-corrected chi connectivity index (χ2v) is 45.1. The fourth-order valence-electron chi connectivity index (χ4n) is 16.4. The van der Waals surface area contributed by atoms with Crippen molar-refractivity contribution in [2.75, 3.05) is 0 Å². The Morgan fingerprint density at radius 3 is 1.06 bits per heavy atom. The molecule has 0 radical (unpaired) electrons. The van der Waals surface area contributed by atoms with Crippen molar-refractivity contribution in [2.45, 2.75) is 264 Å². The van der Waals surface area contributed by atoms with E-state index in [1.54, 1.807) is 22.3 Å². The van der Waals surface area contributed by atoms with Gasteiger partial charge in [-0.25, -0.2) is 0 Å². The fraction of sp³-hybridized carbons (Fsp3) is 0.363. The second-order valence-electron chi connectivity index (χ2n) is 34.1. The van der Waals surface area contributed by atoms with Gasteiger partial charge in [0.15, 0.2) is 5.75 Å². The first kappa shape index (κ1) is 100. The van der Waals surface area contributed by atoms with Crippen LogP contribution >= 0.6 is 93.1 Å². The van der Waals surface area contributed by atoms with E-state index in [2.05, 4.69) is 219 Å². The van der Waals surface area contributed by atoms with E-state index in [-0.39, 0.29) is 10.2 Å². The number of halogens is 6. The van der Waals surface area contributed by atoms with Gasteiger partial charge in [-0.3, -0.25) is 0 Å².